The van der Waals surface area contributed by atoms with E-state index >= 15 is 0 Å². The molecule has 0 amide bonds. The molecule has 7 nitrogen and oxygen atoms in total. The average molecular weight is 368 g/mol. The van der Waals surface area contributed by atoms with E-state index in [0.29, 0.717) is 24.1 Å². The first-order chi connectivity index (χ1) is 13.2. The maximum atomic E-state index is 5.32. The second-order valence-corrected chi connectivity index (χ2v) is 5.91. The van der Waals surface area contributed by atoms with Crippen LogP contribution in [0.1, 0.15) is 6.42 Å². The van der Waals surface area contributed by atoms with Crippen LogP contribution in [-0.4, -0.2) is 44.4 Å². The number of rotatable bonds is 9. The van der Waals surface area contributed by atoms with Gasteiger partial charge in [0.05, 0.1) is 19.7 Å². The molecule has 27 heavy (non-hydrogen) atoms. The van der Waals surface area contributed by atoms with Crippen molar-refractivity contribution in [2.45, 2.75) is 6.42 Å². The molecular formula is C20H24N4O3. The smallest absolute Gasteiger partial charge is 0.229 e. The van der Waals surface area contributed by atoms with Gasteiger partial charge < -0.3 is 24.8 Å². The van der Waals surface area contributed by atoms with Crippen LogP contribution in [0.4, 0.5) is 17.5 Å². The van der Waals surface area contributed by atoms with Crippen LogP contribution in [-0.2, 0) is 4.74 Å². The van der Waals surface area contributed by atoms with Gasteiger partial charge in [0.1, 0.15) is 17.3 Å². The van der Waals surface area contributed by atoms with E-state index in [1.165, 1.54) is 0 Å². The highest BCUT2D eigenvalue weighted by atomic mass is 16.5. The molecule has 2 N–H and O–H groups in total. The largest absolute Gasteiger partial charge is 0.497 e. The highest BCUT2D eigenvalue weighted by Crippen LogP contribution is 2.29. The number of methoxy groups -OCH3 is 3. The molecule has 142 valence electrons. The summed E-state index contributed by atoms with van der Waals surface area (Å²) in [5, 5.41) is 7.59. The van der Waals surface area contributed by atoms with Gasteiger partial charge in [-0.3, -0.25) is 0 Å². The Balaban J connectivity index is 1.90. The quantitative estimate of drug-likeness (QED) is 0.556. The third-order valence-electron chi connectivity index (χ3n) is 4.03. The van der Waals surface area contributed by atoms with Gasteiger partial charge in [-0.2, -0.15) is 4.98 Å². The number of nitrogens with zero attached hydrogens (tertiary/aromatic N) is 2. The van der Waals surface area contributed by atoms with Gasteiger partial charge in [-0.15, -0.1) is 0 Å². The minimum atomic E-state index is 0.498. The van der Waals surface area contributed by atoms with E-state index in [-0.39, 0.29) is 0 Å². The van der Waals surface area contributed by atoms with E-state index in [1.54, 1.807) is 21.3 Å². The predicted octanol–water partition coefficient (Wildman–Crippen LogP) is 3.84. The van der Waals surface area contributed by atoms with Crippen molar-refractivity contribution in [3.05, 3.63) is 42.5 Å². The molecule has 0 spiro atoms. The fourth-order valence-electron chi connectivity index (χ4n) is 2.70. The minimum absolute atomic E-state index is 0.498. The van der Waals surface area contributed by atoms with Gasteiger partial charge >= 0.3 is 0 Å². The number of anilines is 3. The SMILES string of the molecule is COCCCNc1nc(Nc2cc(OC)cc(OC)c2)nc2ccccc12. The maximum absolute atomic E-state index is 5.32. The summed E-state index contributed by atoms with van der Waals surface area (Å²) in [6.45, 7) is 1.46. The highest BCUT2D eigenvalue weighted by Gasteiger charge is 2.09. The zero-order valence-electron chi connectivity index (χ0n) is 15.8. The molecule has 1 aromatic heterocycles. The summed E-state index contributed by atoms with van der Waals surface area (Å²) in [4.78, 5) is 9.27. The molecule has 0 unspecified atom stereocenters. The third kappa shape index (κ3) is 4.77. The van der Waals surface area contributed by atoms with Crippen LogP contribution in [0, 0.1) is 0 Å². The van der Waals surface area contributed by atoms with Gasteiger partial charge in [0.15, 0.2) is 0 Å². The van der Waals surface area contributed by atoms with Crippen molar-refractivity contribution in [2.75, 3.05) is 45.1 Å². The van der Waals surface area contributed by atoms with Crippen LogP contribution in [0.3, 0.4) is 0 Å². The Kier molecular flexibility index (Phi) is 6.27. The number of fused-ring (bicyclic) bond motifs is 1. The summed E-state index contributed by atoms with van der Waals surface area (Å²) in [6.07, 6.45) is 0.894. The topological polar surface area (TPSA) is 77.5 Å². The highest BCUT2D eigenvalue weighted by molar-refractivity contribution is 5.90. The molecule has 1 heterocycles. The average Bonchev–Trinajstić information content (AvgIpc) is 2.70. The maximum Gasteiger partial charge on any atom is 0.229 e. The second kappa shape index (κ2) is 9.05. The van der Waals surface area contributed by atoms with Crippen LogP contribution < -0.4 is 20.1 Å². The number of aromatic nitrogens is 2. The predicted molar refractivity (Wildman–Crippen MR) is 107 cm³/mol. The number of para-hydroxylation sites is 1. The molecule has 0 saturated heterocycles. The fourth-order valence-corrected chi connectivity index (χ4v) is 2.70. The van der Waals surface area contributed by atoms with Crippen LogP contribution in [0.2, 0.25) is 0 Å². The molecule has 0 aliphatic rings. The van der Waals surface area contributed by atoms with E-state index in [9.17, 15) is 0 Å². The second-order valence-electron chi connectivity index (χ2n) is 5.91. The minimum Gasteiger partial charge on any atom is -0.497 e. The van der Waals surface area contributed by atoms with Gasteiger partial charge in [-0.1, -0.05) is 12.1 Å². The lowest BCUT2D eigenvalue weighted by Crippen LogP contribution is -2.08. The fraction of sp³-hybridized carbons (Fsp3) is 0.300. The van der Waals surface area contributed by atoms with Crippen molar-refractivity contribution in [3.63, 3.8) is 0 Å². The number of nitrogens with one attached hydrogen (secondary N) is 2. The molecule has 0 bridgehead atoms. The molecule has 2 aromatic carbocycles. The van der Waals surface area contributed by atoms with Crippen molar-refractivity contribution in [2.24, 2.45) is 0 Å². The van der Waals surface area contributed by atoms with Crippen molar-refractivity contribution in [3.8, 4) is 11.5 Å². The Labute approximate surface area is 158 Å². The first-order valence-electron chi connectivity index (χ1n) is 8.73. The monoisotopic (exact) mass is 368 g/mol. The van der Waals surface area contributed by atoms with Gasteiger partial charge in [0, 0.05) is 49.5 Å². The van der Waals surface area contributed by atoms with Crippen LogP contribution in [0.15, 0.2) is 42.5 Å². The third-order valence-corrected chi connectivity index (χ3v) is 4.03. The van der Waals surface area contributed by atoms with Crippen LogP contribution in [0.5, 0.6) is 11.5 Å². The Morgan fingerprint density at radius 3 is 2.37 bits per heavy atom. The number of hydrogen-bond acceptors (Lipinski definition) is 7. The lowest BCUT2D eigenvalue weighted by Gasteiger charge is -2.13. The Morgan fingerprint density at radius 1 is 0.926 bits per heavy atom. The molecule has 3 rings (SSSR count). The summed E-state index contributed by atoms with van der Waals surface area (Å²) >= 11 is 0. The van der Waals surface area contributed by atoms with Gasteiger partial charge in [-0.25, -0.2) is 4.98 Å². The lowest BCUT2D eigenvalue weighted by atomic mass is 10.2. The van der Waals surface area contributed by atoms with E-state index < -0.39 is 0 Å². The molecule has 0 aliphatic carbocycles. The van der Waals surface area contributed by atoms with Gasteiger partial charge in [0.2, 0.25) is 5.95 Å². The summed E-state index contributed by atoms with van der Waals surface area (Å²) in [6, 6.07) is 13.5. The molecule has 0 saturated carbocycles. The van der Waals surface area contributed by atoms with E-state index in [4.69, 9.17) is 14.2 Å². The Morgan fingerprint density at radius 2 is 1.67 bits per heavy atom. The number of benzene rings is 2. The van der Waals surface area contributed by atoms with Crippen LogP contribution in [0.25, 0.3) is 10.9 Å². The Hall–Kier alpha value is -3.06. The Bertz CT molecular complexity index is 879. The summed E-state index contributed by atoms with van der Waals surface area (Å²) in [7, 11) is 4.94. The molecule has 0 atom stereocenters. The first kappa shape index (κ1) is 18.7. The molecule has 3 aromatic rings. The zero-order valence-corrected chi connectivity index (χ0v) is 15.8. The molecule has 0 fully saturated rings. The lowest BCUT2D eigenvalue weighted by molar-refractivity contribution is 0.198. The van der Waals surface area contributed by atoms with E-state index in [0.717, 1.165) is 35.4 Å². The van der Waals surface area contributed by atoms with Crippen molar-refractivity contribution in [1.29, 1.82) is 0 Å². The molecule has 0 aliphatic heterocycles. The summed E-state index contributed by atoms with van der Waals surface area (Å²) < 4.78 is 15.7. The summed E-state index contributed by atoms with van der Waals surface area (Å²) in [5.41, 5.74) is 1.64. The molecular weight excluding hydrogens is 344 g/mol. The normalized spacial score (nSPS) is 10.6. The first-order valence-corrected chi connectivity index (χ1v) is 8.73. The molecule has 7 heteroatoms. The number of hydrogen-bond donors (Lipinski definition) is 2. The van der Waals surface area contributed by atoms with Crippen LogP contribution >= 0.6 is 0 Å². The summed E-state index contributed by atoms with van der Waals surface area (Å²) in [5.74, 6) is 2.67. The van der Waals surface area contributed by atoms with E-state index in [1.807, 2.05) is 42.5 Å². The zero-order chi connectivity index (χ0) is 19.1. The van der Waals surface area contributed by atoms with Gasteiger partial charge in [0.25, 0.3) is 0 Å². The van der Waals surface area contributed by atoms with Crippen molar-refractivity contribution >= 4 is 28.4 Å². The molecule has 0 radical (unpaired) electrons. The number of ether oxygens (including phenoxy) is 3. The van der Waals surface area contributed by atoms with Crippen molar-refractivity contribution < 1.29 is 14.2 Å². The standard InChI is InChI=1S/C20H24N4O3/c1-25-10-6-9-21-19-17-7-4-5-8-18(17)23-20(24-19)22-14-11-15(26-2)13-16(12-14)27-3/h4-5,7-8,11-13H,6,9-10H2,1-3H3,(H2,21,22,23,24). The van der Waals surface area contributed by atoms with E-state index in [2.05, 4.69) is 20.6 Å². The van der Waals surface area contributed by atoms with Crippen molar-refractivity contribution in [1.82, 2.24) is 9.97 Å². The van der Waals surface area contributed by atoms with Gasteiger partial charge in [-0.05, 0) is 18.6 Å².